The van der Waals surface area contributed by atoms with E-state index in [0.29, 0.717) is 27.8 Å². The van der Waals surface area contributed by atoms with Gasteiger partial charge >= 0.3 is 5.97 Å². The molecule has 1 aromatic heterocycles. The smallest absolute Gasteiger partial charge is 0.330 e. The van der Waals surface area contributed by atoms with Crippen molar-refractivity contribution in [3.05, 3.63) is 101 Å². The summed E-state index contributed by atoms with van der Waals surface area (Å²) in [5.41, 5.74) is 2.99. The lowest BCUT2D eigenvalue weighted by molar-refractivity contribution is -0.138. The first-order valence-corrected chi connectivity index (χ1v) is 9.22. The molecule has 0 radical (unpaired) electrons. The summed E-state index contributed by atoms with van der Waals surface area (Å²) in [6, 6.07) is 22.2. The summed E-state index contributed by atoms with van der Waals surface area (Å²) in [6.45, 7) is 1.94. The van der Waals surface area contributed by atoms with Crippen molar-refractivity contribution in [3.8, 4) is 0 Å². The van der Waals surface area contributed by atoms with Gasteiger partial charge in [0.05, 0.1) is 5.69 Å². The standard InChI is InChI=1S/C24H19NO4/c1-15-11-13-16(14-12-15)20(24(27)28)25-21-18-9-5-6-10-19(18)29-23(21)22(26)17-7-3-2-4-8-17/h2-14,20,25H,1H3,(H,27,28). The third kappa shape index (κ3) is 3.62. The maximum absolute atomic E-state index is 13.1. The van der Waals surface area contributed by atoms with E-state index in [4.69, 9.17) is 4.42 Å². The van der Waals surface area contributed by atoms with Crippen LogP contribution in [0.1, 0.15) is 33.3 Å². The Morgan fingerprint density at radius 3 is 2.24 bits per heavy atom. The zero-order valence-electron chi connectivity index (χ0n) is 15.8. The molecule has 0 aliphatic heterocycles. The van der Waals surface area contributed by atoms with E-state index in [1.165, 1.54) is 0 Å². The molecule has 3 aromatic carbocycles. The Morgan fingerprint density at radius 2 is 1.55 bits per heavy atom. The Morgan fingerprint density at radius 1 is 0.897 bits per heavy atom. The molecule has 1 heterocycles. The number of furan rings is 1. The largest absolute Gasteiger partial charge is 0.479 e. The first-order chi connectivity index (χ1) is 14.0. The fourth-order valence-electron chi connectivity index (χ4n) is 3.26. The maximum Gasteiger partial charge on any atom is 0.330 e. The molecule has 0 saturated heterocycles. The van der Waals surface area contributed by atoms with Crippen LogP contribution in [0.5, 0.6) is 0 Å². The zero-order chi connectivity index (χ0) is 20.4. The second-order valence-corrected chi connectivity index (χ2v) is 6.82. The van der Waals surface area contributed by atoms with Gasteiger partial charge in [0.2, 0.25) is 5.78 Å². The summed E-state index contributed by atoms with van der Waals surface area (Å²) in [6.07, 6.45) is 0. The highest BCUT2D eigenvalue weighted by Crippen LogP contribution is 2.35. The lowest BCUT2D eigenvalue weighted by Gasteiger charge is -2.16. The topological polar surface area (TPSA) is 79.5 Å². The van der Waals surface area contributed by atoms with Crippen molar-refractivity contribution in [3.63, 3.8) is 0 Å². The van der Waals surface area contributed by atoms with E-state index < -0.39 is 12.0 Å². The number of hydrogen-bond donors (Lipinski definition) is 2. The molecule has 5 heteroatoms. The average molecular weight is 385 g/mol. The predicted octanol–water partition coefficient (Wildman–Crippen LogP) is 5.21. The van der Waals surface area contributed by atoms with Crippen LogP contribution >= 0.6 is 0 Å². The van der Waals surface area contributed by atoms with Gasteiger partial charge in [0.25, 0.3) is 0 Å². The van der Waals surface area contributed by atoms with Gasteiger partial charge in [-0.15, -0.1) is 0 Å². The van der Waals surface area contributed by atoms with Crippen molar-refractivity contribution in [2.24, 2.45) is 0 Å². The van der Waals surface area contributed by atoms with E-state index in [2.05, 4.69) is 5.32 Å². The van der Waals surface area contributed by atoms with E-state index in [1.807, 2.05) is 31.2 Å². The monoisotopic (exact) mass is 385 g/mol. The summed E-state index contributed by atoms with van der Waals surface area (Å²) < 4.78 is 5.85. The molecule has 0 aliphatic rings. The van der Waals surface area contributed by atoms with Gasteiger partial charge in [-0.05, 0) is 24.6 Å². The van der Waals surface area contributed by atoms with Crippen LogP contribution in [0.2, 0.25) is 0 Å². The molecule has 0 spiro atoms. The van der Waals surface area contributed by atoms with Crippen LogP contribution in [-0.2, 0) is 4.79 Å². The molecule has 0 fully saturated rings. The van der Waals surface area contributed by atoms with Crippen molar-refractivity contribution in [1.82, 2.24) is 0 Å². The number of carbonyl (C=O) groups excluding carboxylic acids is 1. The Labute approximate surface area is 167 Å². The minimum absolute atomic E-state index is 0.0933. The Bertz CT molecular complexity index is 1180. The van der Waals surface area contributed by atoms with Crippen LogP contribution in [0, 0.1) is 6.92 Å². The molecule has 0 amide bonds. The number of aliphatic carboxylic acids is 1. The highest BCUT2D eigenvalue weighted by atomic mass is 16.4. The molecule has 1 atom stereocenters. The number of ketones is 1. The second kappa shape index (κ2) is 7.64. The van der Waals surface area contributed by atoms with Crippen LogP contribution in [-0.4, -0.2) is 16.9 Å². The van der Waals surface area contributed by atoms with Crippen LogP contribution in [0.15, 0.2) is 83.3 Å². The van der Waals surface area contributed by atoms with Gasteiger partial charge in [0.15, 0.2) is 11.8 Å². The highest BCUT2D eigenvalue weighted by Gasteiger charge is 2.27. The quantitative estimate of drug-likeness (QED) is 0.445. The number of benzene rings is 3. The van der Waals surface area contributed by atoms with Gasteiger partial charge in [0, 0.05) is 10.9 Å². The highest BCUT2D eigenvalue weighted by molar-refractivity contribution is 6.15. The number of carboxylic acids is 1. The van der Waals surface area contributed by atoms with Crippen molar-refractivity contribution < 1.29 is 19.1 Å². The summed E-state index contributed by atoms with van der Waals surface area (Å²) in [5.74, 6) is -1.26. The first-order valence-electron chi connectivity index (χ1n) is 9.22. The number of carbonyl (C=O) groups is 2. The maximum atomic E-state index is 13.1. The SMILES string of the molecule is Cc1ccc(C(Nc2c(C(=O)c3ccccc3)oc3ccccc23)C(=O)O)cc1. The normalized spacial score (nSPS) is 11.9. The van der Waals surface area contributed by atoms with Crippen molar-refractivity contribution in [2.45, 2.75) is 13.0 Å². The number of hydrogen-bond acceptors (Lipinski definition) is 4. The van der Waals surface area contributed by atoms with Gasteiger partial charge in [-0.3, -0.25) is 4.79 Å². The Hall–Kier alpha value is -3.86. The fraction of sp³-hybridized carbons (Fsp3) is 0.0833. The minimum Gasteiger partial charge on any atom is -0.479 e. The number of rotatable bonds is 6. The molecule has 5 nitrogen and oxygen atoms in total. The third-order valence-corrected chi connectivity index (χ3v) is 4.78. The minimum atomic E-state index is -1.04. The van der Waals surface area contributed by atoms with Crippen molar-refractivity contribution in [1.29, 1.82) is 0 Å². The number of fused-ring (bicyclic) bond motifs is 1. The van der Waals surface area contributed by atoms with E-state index in [-0.39, 0.29) is 11.5 Å². The Kier molecular flexibility index (Phi) is 4.87. The number of para-hydroxylation sites is 1. The van der Waals surface area contributed by atoms with Crippen molar-refractivity contribution in [2.75, 3.05) is 5.32 Å². The average Bonchev–Trinajstić information content (AvgIpc) is 3.11. The van der Waals surface area contributed by atoms with Gasteiger partial charge in [0.1, 0.15) is 5.58 Å². The molecule has 2 N–H and O–H groups in total. The molecular formula is C24H19NO4. The van der Waals surface area contributed by atoms with E-state index in [0.717, 1.165) is 5.56 Å². The number of nitrogens with one attached hydrogen (secondary N) is 1. The number of carboxylic acid groups (broad SMARTS) is 1. The Balaban J connectivity index is 1.82. The van der Waals surface area contributed by atoms with Crippen LogP contribution in [0.4, 0.5) is 5.69 Å². The molecule has 0 saturated carbocycles. The first kappa shape index (κ1) is 18.5. The molecule has 0 aliphatic carbocycles. The van der Waals surface area contributed by atoms with Crippen LogP contribution < -0.4 is 5.32 Å². The van der Waals surface area contributed by atoms with Crippen molar-refractivity contribution >= 4 is 28.4 Å². The fourth-order valence-corrected chi connectivity index (χ4v) is 3.26. The van der Waals surface area contributed by atoms with E-state index in [1.54, 1.807) is 54.6 Å². The second-order valence-electron chi connectivity index (χ2n) is 6.82. The van der Waals surface area contributed by atoms with E-state index >= 15 is 0 Å². The molecule has 144 valence electrons. The molecular weight excluding hydrogens is 366 g/mol. The van der Waals surface area contributed by atoms with Gasteiger partial charge in [-0.2, -0.15) is 0 Å². The summed E-state index contributed by atoms with van der Waals surface area (Å²) in [4.78, 5) is 25.1. The number of anilines is 1. The molecule has 4 aromatic rings. The number of aryl methyl sites for hydroxylation is 1. The summed E-state index contributed by atoms with van der Waals surface area (Å²) in [7, 11) is 0. The van der Waals surface area contributed by atoms with Gasteiger partial charge < -0.3 is 14.8 Å². The molecule has 0 bridgehead atoms. The molecule has 29 heavy (non-hydrogen) atoms. The lowest BCUT2D eigenvalue weighted by Crippen LogP contribution is -2.21. The van der Waals surface area contributed by atoms with Crippen LogP contribution in [0.25, 0.3) is 11.0 Å². The summed E-state index contributed by atoms with van der Waals surface area (Å²) in [5, 5.41) is 13.5. The van der Waals surface area contributed by atoms with Gasteiger partial charge in [-0.1, -0.05) is 72.3 Å². The zero-order valence-corrected chi connectivity index (χ0v) is 15.8. The molecule has 4 rings (SSSR count). The predicted molar refractivity (Wildman–Crippen MR) is 111 cm³/mol. The van der Waals surface area contributed by atoms with E-state index in [9.17, 15) is 14.7 Å². The summed E-state index contributed by atoms with van der Waals surface area (Å²) >= 11 is 0. The van der Waals surface area contributed by atoms with Crippen LogP contribution in [0.3, 0.4) is 0 Å². The third-order valence-electron chi connectivity index (χ3n) is 4.78. The van der Waals surface area contributed by atoms with Gasteiger partial charge in [-0.25, -0.2) is 4.79 Å². The lowest BCUT2D eigenvalue weighted by atomic mass is 10.0. The molecule has 1 unspecified atom stereocenters.